The summed E-state index contributed by atoms with van der Waals surface area (Å²) in [5.41, 5.74) is 3.66. The summed E-state index contributed by atoms with van der Waals surface area (Å²) in [6, 6.07) is 20.9. The number of carbonyl (C=O) groups is 1. The molecule has 0 radical (unpaired) electrons. The molecule has 0 bridgehead atoms. The van der Waals surface area contributed by atoms with Gasteiger partial charge in [0, 0.05) is 6.54 Å². The van der Waals surface area contributed by atoms with Crippen LogP contribution in [-0.2, 0) is 11.3 Å². The highest BCUT2D eigenvalue weighted by atomic mass is 16.6. The molecule has 32 heavy (non-hydrogen) atoms. The van der Waals surface area contributed by atoms with E-state index >= 15 is 0 Å². The Balaban J connectivity index is 1.59. The number of fused-ring (bicyclic) bond motifs is 1. The summed E-state index contributed by atoms with van der Waals surface area (Å²) in [4.78, 5) is 15.5. The van der Waals surface area contributed by atoms with Crippen LogP contribution in [0.15, 0.2) is 66.7 Å². The first-order valence-corrected chi connectivity index (χ1v) is 10.6. The van der Waals surface area contributed by atoms with Gasteiger partial charge in [-0.25, -0.2) is 0 Å². The van der Waals surface area contributed by atoms with Crippen LogP contribution < -0.4 is 19.5 Å². The Bertz CT molecular complexity index is 1080. The Kier molecular flexibility index (Phi) is 6.61. The molecule has 1 aliphatic rings. The molecule has 1 atom stereocenters. The van der Waals surface area contributed by atoms with Crippen molar-refractivity contribution in [2.75, 3.05) is 32.7 Å². The minimum atomic E-state index is -0.491. The molecular formula is C26H28N2O4. The van der Waals surface area contributed by atoms with E-state index in [9.17, 15) is 4.79 Å². The zero-order valence-electron chi connectivity index (χ0n) is 18.6. The largest absolute Gasteiger partial charge is 0.495 e. The van der Waals surface area contributed by atoms with E-state index < -0.39 is 6.04 Å². The Hall–Kier alpha value is -3.51. The first-order chi connectivity index (χ1) is 15.5. The van der Waals surface area contributed by atoms with Gasteiger partial charge in [-0.05, 0) is 54.9 Å². The van der Waals surface area contributed by atoms with Crippen molar-refractivity contribution >= 4 is 11.6 Å². The number of nitrogens with zero attached hydrogens (tertiary/aromatic N) is 1. The summed E-state index contributed by atoms with van der Waals surface area (Å²) in [5.74, 6) is 2.00. The van der Waals surface area contributed by atoms with Crippen molar-refractivity contribution in [3.05, 3.63) is 83.4 Å². The molecular weight excluding hydrogens is 404 g/mol. The molecule has 166 valence electrons. The zero-order valence-corrected chi connectivity index (χ0v) is 18.6. The number of amides is 1. The normalized spacial score (nSPS) is 13.5. The molecule has 6 heteroatoms. The highest BCUT2D eigenvalue weighted by Crippen LogP contribution is 2.33. The fourth-order valence-corrected chi connectivity index (χ4v) is 3.93. The maximum atomic E-state index is 13.5. The topological polar surface area (TPSA) is 60.0 Å². The van der Waals surface area contributed by atoms with Gasteiger partial charge < -0.3 is 19.5 Å². The van der Waals surface area contributed by atoms with Crippen LogP contribution in [0.2, 0.25) is 0 Å². The van der Waals surface area contributed by atoms with Gasteiger partial charge in [0.25, 0.3) is 0 Å². The molecule has 0 aliphatic carbocycles. The fraction of sp³-hybridized carbons (Fsp3) is 0.269. The molecule has 0 saturated carbocycles. The molecule has 3 aromatic rings. The van der Waals surface area contributed by atoms with Crippen LogP contribution in [0.4, 0.5) is 5.69 Å². The lowest BCUT2D eigenvalue weighted by atomic mass is 10.0. The molecule has 0 saturated heterocycles. The van der Waals surface area contributed by atoms with Crippen molar-refractivity contribution in [3.8, 4) is 17.2 Å². The van der Waals surface area contributed by atoms with E-state index in [1.54, 1.807) is 7.11 Å². The van der Waals surface area contributed by atoms with Gasteiger partial charge in [-0.1, -0.05) is 42.5 Å². The van der Waals surface area contributed by atoms with Crippen LogP contribution in [0.1, 0.15) is 22.7 Å². The van der Waals surface area contributed by atoms with Crippen molar-refractivity contribution in [1.82, 2.24) is 4.90 Å². The second kappa shape index (κ2) is 9.75. The first kappa shape index (κ1) is 21.7. The van der Waals surface area contributed by atoms with E-state index in [0.717, 1.165) is 28.2 Å². The third-order valence-corrected chi connectivity index (χ3v) is 5.46. The van der Waals surface area contributed by atoms with Gasteiger partial charge in [0.1, 0.15) is 25.0 Å². The van der Waals surface area contributed by atoms with Crippen LogP contribution in [0.5, 0.6) is 17.2 Å². The van der Waals surface area contributed by atoms with Gasteiger partial charge in [0.2, 0.25) is 5.91 Å². The lowest BCUT2D eigenvalue weighted by molar-refractivity contribution is -0.121. The van der Waals surface area contributed by atoms with E-state index in [0.29, 0.717) is 31.2 Å². The number of likely N-dealkylation sites (N-methyl/N-ethyl adjacent to an activating group) is 1. The van der Waals surface area contributed by atoms with E-state index in [4.69, 9.17) is 14.2 Å². The Morgan fingerprint density at radius 3 is 2.53 bits per heavy atom. The summed E-state index contributed by atoms with van der Waals surface area (Å²) < 4.78 is 16.8. The minimum absolute atomic E-state index is 0.125. The number of aryl methyl sites for hydroxylation is 1. The van der Waals surface area contributed by atoms with Crippen LogP contribution in [0.25, 0.3) is 0 Å². The number of carbonyl (C=O) groups excluding carboxylic acids is 1. The van der Waals surface area contributed by atoms with Crippen LogP contribution in [0, 0.1) is 6.92 Å². The second-order valence-corrected chi connectivity index (χ2v) is 7.90. The van der Waals surface area contributed by atoms with Crippen LogP contribution >= 0.6 is 0 Å². The van der Waals surface area contributed by atoms with Crippen LogP contribution in [-0.4, -0.2) is 38.2 Å². The van der Waals surface area contributed by atoms with Crippen molar-refractivity contribution in [2.24, 2.45) is 0 Å². The summed E-state index contributed by atoms with van der Waals surface area (Å²) in [6.07, 6.45) is 0. The standard InChI is InChI=1S/C26H28N2O4/c1-18-9-11-22(30-3)21(15-18)27-26(29)25(20-7-5-4-6-8-20)28(2)17-19-10-12-23-24(16-19)32-14-13-31-23/h4-12,15-16,25H,13-14,17H2,1-3H3,(H,27,29). The lowest BCUT2D eigenvalue weighted by Crippen LogP contribution is -2.34. The van der Waals surface area contributed by atoms with Gasteiger partial charge in [-0.2, -0.15) is 0 Å². The monoisotopic (exact) mass is 432 g/mol. The number of nitrogens with one attached hydrogen (secondary N) is 1. The molecule has 1 amide bonds. The summed E-state index contributed by atoms with van der Waals surface area (Å²) in [5, 5.41) is 3.07. The molecule has 1 aliphatic heterocycles. The smallest absolute Gasteiger partial charge is 0.246 e. The Labute approximate surface area is 188 Å². The number of hydrogen-bond acceptors (Lipinski definition) is 5. The van der Waals surface area contributed by atoms with Crippen molar-refractivity contribution < 1.29 is 19.0 Å². The molecule has 0 fully saturated rings. The van der Waals surface area contributed by atoms with E-state index in [1.165, 1.54) is 0 Å². The number of anilines is 1. The molecule has 0 aromatic heterocycles. The third kappa shape index (κ3) is 4.86. The van der Waals surface area contributed by atoms with Crippen molar-refractivity contribution in [3.63, 3.8) is 0 Å². The fourth-order valence-electron chi connectivity index (χ4n) is 3.93. The predicted octanol–water partition coefficient (Wildman–Crippen LogP) is 4.59. The van der Waals surface area contributed by atoms with E-state index in [2.05, 4.69) is 5.32 Å². The summed E-state index contributed by atoms with van der Waals surface area (Å²) in [6.45, 7) is 3.65. The third-order valence-electron chi connectivity index (χ3n) is 5.46. The Morgan fingerprint density at radius 2 is 1.78 bits per heavy atom. The number of hydrogen-bond donors (Lipinski definition) is 1. The predicted molar refractivity (Wildman–Crippen MR) is 124 cm³/mol. The number of rotatable bonds is 7. The zero-order chi connectivity index (χ0) is 22.5. The average molecular weight is 433 g/mol. The molecule has 1 N–H and O–H groups in total. The summed E-state index contributed by atoms with van der Waals surface area (Å²) >= 11 is 0. The molecule has 6 nitrogen and oxygen atoms in total. The molecule has 1 heterocycles. The van der Waals surface area contributed by atoms with Crippen molar-refractivity contribution in [2.45, 2.75) is 19.5 Å². The minimum Gasteiger partial charge on any atom is -0.495 e. The summed E-state index contributed by atoms with van der Waals surface area (Å²) in [7, 11) is 3.55. The van der Waals surface area contributed by atoms with Gasteiger partial charge >= 0.3 is 0 Å². The quantitative estimate of drug-likeness (QED) is 0.592. The lowest BCUT2D eigenvalue weighted by Gasteiger charge is -2.28. The highest BCUT2D eigenvalue weighted by Gasteiger charge is 2.26. The molecule has 0 spiro atoms. The SMILES string of the molecule is COc1ccc(C)cc1NC(=O)C(c1ccccc1)N(C)Cc1ccc2c(c1)OCCO2. The maximum absolute atomic E-state index is 13.5. The first-order valence-electron chi connectivity index (χ1n) is 10.6. The average Bonchev–Trinajstić information content (AvgIpc) is 2.80. The van der Waals surface area contributed by atoms with Gasteiger partial charge in [0.15, 0.2) is 11.5 Å². The Morgan fingerprint density at radius 1 is 1.03 bits per heavy atom. The highest BCUT2D eigenvalue weighted by molar-refractivity contribution is 5.96. The number of ether oxygens (including phenoxy) is 3. The number of methoxy groups -OCH3 is 1. The van der Waals surface area contributed by atoms with E-state index in [1.807, 2.05) is 85.6 Å². The molecule has 4 rings (SSSR count). The molecule has 3 aromatic carbocycles. The maximum Gasteiger partial charge on any atom is 0.246 e. The van der Waals surface area contributed by atoms with Crippen molar-refractivity contribution in [1.29, 1.82) is 0 Å². The van der Waals surface area contributed by atoms with E-state index in [-0.39, 0.29) is 5.91 Å². The second-order valence-electron chi connectivity index (χ2n) is 7.90. The van der Waals surface area contributed by atoms with Crippen LogP contribution in [0.3, 0.4) is 0 Å². The molecule has 1 unspecified atom stereocenters. The van der Waals surface area contributed by atoms with Gasteiger partial charge in [-0.3, -0.25) is 9.69 Å². The number of benzene rings is 3. The van der Waals surface area contributed by atoms with Gasteiger partial charge in [0.05, 0.1) is 12.8 Å². The van der Waals surface area contributed by atoms with Gasteiger partial charge in [-0.15, -0.1) is 0 Å².